The zero-order chi connectivity index (χ0) is 13.0. The van der Waals surface area contributed by atoms with Gasteiger partial charge in [-0.15, -0.1) is 0 Å². The van der Waals surface area contributed by atoms with Crippen molar-refractivity contribution in [3.63, 3.8) is 0 Å². The lowest BCUT2D eigenvalue weighted by molar-refractivity contribution is 0.0912. The molecule has 0 aliphatic carbocycles. The number of carbonyl (C=O) groups excluding carboxylic acids is 1. The fourth-order valence-electron chi connectivity index (χ4n) is 1.52. The van der Waals surface area contributed by atoms with Gasteiger partial charge in [0.1, 0.15) is 5.75 Å². The zero-order valence-electron chi connectivity index (χ0n) is 10.4. The van der Waals surface area contributed by atoms with E-state index in [1.165, 1.54) is 0 Å². The first-order valence-electron chi connectivity index (χ1n) is 5.72. The summed E-state index contributed by atoms with van der Waals surface area (Å²) in [5.41, 5.74) is 1.89. The highest BCUT2D eigenvalue weighted by Gasteiger charge is 2.16. The summed E-state index contributed by atoms with van der Waals surface area (Å²) in [6.07, 6.45) is 0.647. The number of rotatable bonds is 4. The summed E-state index contributed by atoms with van der Waals surface area (Å²) >= 11 is 0. The monoisotopic (exact) mass is 237 g/mol. The third kappa shape index (κ3) is 2.97. The van der Waals surface area contributed by atoms with Gasteiger partial charge in [-0.25, -0.2) is 0 Å². The van der Waals surface area contributed by atoms with Gasteiger partial charge in [0.25, 0.3) is 5.91 Å². The number of hydrogen-bond donors (Lipinski definition) is 3. The Labute approximate surface area is 101 Å². The molecule has 0 heterocycles. The number of amides is 1. The molecule has 0 saturated heterocycles. The lowest BCUT2D eigenvalue weighted by Crippen LogP contribution is -2.37. The molecule has 0 saturated carbocycles. The Morgan fingerprint density at radius 1 is 1.41 bits per heavy atom. The van der Waals surface area contributed by atoms with Crippen molar-refractivity contribution < 1.29 is 15.0 Å². The number of phenols is 1. The second-order valence-electron chi connectivity index (χ2n) is 4.16. The topological polar surface area (TPSA) is 69.6 Å². The molecule has 4 nitrogen and oxygen atoms in total. The molecule has 0 radical (unpaired) electrons. The molecule has 0 aromatic heterocycles. The predicted octanol–water partition coefficient (Wildman–Crippen LogP) is 1.51. The van der Waals surface area contributed by atoms with Gasteiger partial charge in [-0.1, -0.05) is 13.0 Å². The summed E-state index contributed by atoms with van der Waals surface area (Å²) in [7, 11) is 0. The quantitative estimate of drug-likeness (QED) is 0.743. The number of carbonyl (C=O) groups is 1. The SMILES string of the molecule is CCC(CO)NC(=O)c1ccc(C)c(C)c1O. The van der Waals surface area contributed by atoms with E-state index in [0.29, 0.717) is 12.0 Å². The van der Waals surface area contributed by atoms with Gasteiger partial charge in [0, 0.05) is 0 Å². The fourth-order valence-corrected chi connectivity index (χ4v) is 1.52. The molecule has 17 heavy (non-hydrogen) atoms. The van der Waals surface area contributed by atoms with Gasteiger partial charge < -0.3 is 15.5 Å². The van der Waals surface area contributed by atoms with Crippen LogP contribution in [-0.4, -0.2) is 28.8 Å². The van der Waals surface area contributed by atoms with Gasteiger partial charge in [0.15, 0.2) is 0 Å². The molecule has 1 aromatic rings. The first-order valence-corrected chi connectivity index (χ1v) is 5.72. The molecule has 1 rings (SSSR count). The van der Waals surface area contributed by atoms with Crippen LogP contribution in [0.5, 0.6) is 5.75 Å². The van der Waals surface area contributed by atoms with Crippen molar-refractivity contribution in [3.8, 4) is 5.75 Å². The highest BCUT2D eigenvalue weighted by Crippen LogP contribution is 2.24. The lowest BCUT2D eigenvalue weighted by Gasteiger charge is -2.15. The molecule has 1 unspecified atom stereocenters. The Balaban J connectivity index is 2.93. The normalized spacial score (nSPS) is 12.2. The van der Waals surface area contributed by atoms with Crippen molar-refractivity contribution in [1.82, 2.24) is 5.32 Å². The summed E-state index contributed by atoms with van der Waals surface area (Å²) in [4.78, 5) is 11.9. The lowest BCUT2D eigenvalue weighted by atomic mass is 10.0. The maximum atomic E-state index is 11.9. The Morgan fingerprint density at radius 2 is 2.06 bits per heavy atom. The van der Waals surface area contributed by atoms with Crippen molar-refractivity contribution in [2.75, 3.05) is 6.61 Å². The third-order valence-corrected chi connectivity index (χ3v) is 2.99. The van der Waals surface area contributed by atoms with Gasteiger partial charge in [0.05, 0.1) is 18.2 Å². The average molecular weight is 237 g/mol. The molecule has 1 aromatic carbocycles. The van der Waals surface area contributed by atoms with Crippen molar-refractivity contribution in [2.45, 2.75) is 33.2 Å². The molecule has 4 heteroatoms. The molecular weight excluding hydrogens is 218 g/mol. The van der Waals surface area contributed by atoms with E-state index in [1.807, 2.05) is 13.8 Å². The van der Waals surface area contributed by atoms with Crippen LogP contribution in [0, 0.1) is 13.8 Å². The summed E-state index contributed by atoms with van der Waals surface area (Å²) in [6, 6.07) is 3.12. The molecule has 0 aliphatic rings. The van der Waals surface area contributed by atoms with Crippen LogP contribution in [0.1, 0.15) is 34.8 Å². The molecule has 0 bridgehead atoms. The maximum Gasteiger partial charge on any atom is 0.255 e. The smallest absolute Gasteiger partial charge is 0.255 e. The zero-order valence-corrected chi connectivity index (χ0v) is 10.4. The number of aliphatic hydroxyl groups excluding tert-OH is 1. The number of aromatic hydroxyl groups is 1. The second-order valence-corrected chi connectivity index (χ2v) is 4.16. The average Bonchev–Trinajstić information content (AvgIpc) is 2.32. The molecule has 1 amide bonds. The Kier molecular flexibility index (Phi) is 4.52. The van der Waals surface area contributed by atoms with Gasteiger partial charge in [-0.2, -0.15) is 0 Å². The number of aryl methyl sites for hydroxylation is 1. The summed E-state index contributed by atoms with van der Waals surface area (Å²) in [6.45, 7) is 5.42. The van der Waals surface area contributed by atoms with E-state index in [0.717, 1.165) is 5.56 Å². The van der Waals surface area contributed by atoms with Crippen LogP contribution in [0.25, 0.3) is 0 Å². The number of benzene rings is 1. The van der Waals surface area contributed by atoms with Crippen LogP contribution >= 0.6 is 0 Å². The van der Waals surface area contributed by atoms with Gasteiger partial charge in [-0.3, -0.25) is 4.79 Å². The van der Waals surface area contributed by atoms with Crippen molar-refractivity contribution >= 4 is 5.91 Å². The van der Waals surface area contributed by atoms with Crippen LogP contribution in [-0.2, 0) is 0 Å². The number of nitrogens with one attached hydrogen (secondary N) is 1. The third-order valence-electron chi connectivity index (χ3n) is 2.99. The van der Waals surface area contributed by atoms with Gasteiger partial charge in [0.2, 0.25) is 0 Å². The molecule has 1 atom stereocenters. The molecule has 0 spiro atoms. The van der Waals surface area contributed by atoms with Crippen LogP contribution in [0.2, 0.25) is 0 Å². The Bertz CT molecular complexity index is 411. The summed E-state index contributed by atoms with van der Waals surface area (Å²) in [5, 5.41) is 21.6. The van der Waals surface area contributed by atoms with E-state index in [9.17, 15) is 9.90 Å². The molecule has 94 valence electrons. The number of aliphatic hydroxyl groups is 1. The highest BCUT2D eigenvalue weighted by atomic mass is 16.3. The number of hydrogen-bond acceptors (Lipinski definition) is 3. The van der Waals surface area contributed by atoms with E-state index < -0.39 is 0 Å². The minimum atomic E-state index is -0.355. The molecule has 3 N–H and O–H groups in total. The standard InChI is InChI=1S/C13H19NO3/c1-4-10(7-15)14-13(17)11-6-5-8(2)9(3)12(11)16/h5-6,10,15-16H,4,7H2,1-3H3,(H,14,17). The minimum Gasteiger partial charge on any atom is -0.507 e. The van der Waals surface area contributed by atoms with Crippen LogP contribution in [0.15, 0.2) is 12.1 Å². The summed E-state index contributed by atoms with van der Waals surface area (Å²) in [5.74, 6) is -0.346. The molecule has 0 fully saturated rings. The Morgan fingerprint density at radius 3 is 2.59 bits per heavy atom. The Hall–Kier alpha value is -1.55. The van der Waals surface area contributed by atoms with Crippen LogP contribution in [0.4, 0.5) is 0 Å². The first kappa shape index (κ1) is 13.5. The molecular formula is C13H19NO3. The van der Waals surface area contributed by atoms with Crippen LogP contribution < -0.4 is 5.32 Å². The minimum absolute atomic E-state index is 0.00953. The van der Waals surface area contributed by atoms with E-state index in [-0.39, 0.29) is 29.9 Å². The summed E-state index contributed by atoms with van der Waals surface area (Å²) < 4.78 is 0. The van der Waals surface area contributed by atoms with Crippen molar-refractivity contribution in [1.29, 1.82) is 0 Å². The van der Waals surface area contributed by atoms with Crippen molar-refractivity contribution in [2.24, 2.45) is 0 Å². The van der Waals surface area contributed by atoms with E-state index >= 15 is 0 Å². The van der Waals surface area contributed by atoms with Gasteiger partial charge in [-0.05, 0) is 37.5 Å². The molecule has 0 aliphatic heterocycles. The maximum absolute atomic E-state index is 11.9. The van der Waals surface area contributed by atoms with Gasteiger partial charge >= 0.3 is 0 Å². The van der Waals surface area contributed by atoms with Crippen LogP contribution in [0.3, 0.4) is 0 Å². The second kappa shape index (κ2) is 5.68. The van der Waals surface area contributed by atoms with E-state index in [1.54, 1.807) is 19.1 Å². The van der Waals surface area contributed by atoms with Crippen molar-refractivity contribution in [3.05, 3.63) is 28.8 Å². The fraction of sp³-hybridized carbons (Fsp3) is 0.462. The number of phenolic OH excluding ortho intramolecular Hbond substituents is 1. The largest absolute Gasteiger partial charge is 0.507 e. The van der Waals surface area contributed by atoms with E-state index in [2.05, 4.69) is 5.32 Å². The first-order chi connectivity index (χ1) is 8.01. The highest BCUT2D eigenvalue weighted by molar-refractivity contribution is 5.97. The predicted molar refractivity (Wildman–Crippen MR) is 66.2 cm³/mol. The van der Waals surface area contributed by atoms with E-state index in [4.69, 9.17) is 5.11 Å².